The van der Waals surface area contributed by atoms with Crippen molar-refractivity contribution in [1.82, 2.24) is 9.55 Å². The van der Waals surface area contributed by atoms with E-state index in [0.29, 0.717) is 11.6 Å². The first kappa shape index (κ1) is 21.0. The van der Waals surface area contributed by atoms with Crippen molar-refractivity contribution in [1.29, 1.82) is 0 Å². The summed E-state index contributed by atoms with van der Waals surface area (Å²) >= 11 is 3.09. The van der Waals surface area contributed by atoms with Crippen molar-refractivity contribution in [2.24, 2.45) is 0 Å². The van der Waals surface area contributed by atoms with Gasteiger partial charge < -0.3 is 5.32 Å². The Kier molecular flexibility index (Phi) is 6.02. The van der Waals surface area contributed by atoms with Crippen LogP contribution in [0.15, 0.2) is 58.1 Å². The zero-order chi connectivity index (χ0) is 21.2. The summed E-state index contributed by atoms with van der Waals surface area (Å²) in [4.78, 5) is 16.5. The lowest BCUT2D eigenvalue weighted by molar-refractivity contribution is -0.138. The van der Waals surface area contributed by atoms with E-state index < -0.39 is 28.9 Å². The highest BCUT2D eigenvalue weighted by atomic mass is 79.9. The molecule has 0 saturated carbocycles. The SMILES string of the molecule is O=c1c(Br)c(NCc2ccc(F)cc2C(F)(F)F)ncn1Cc1cccc(F)c1. The Bertz CT molecular complexity index is 1100. The predicted molar refractivity (Wildman–Crippen MR) is 100 cm³/mol. The third-order valence-corrected chi connectivity index (χ3v) is 4.76. The second kappa shape index (κ2) is 8.32. The molecule has 10 heteroatoms. The van der Waals surface area contributed by atoms with Gasteiger partial charge in [-0.25, -0.2) is 13.8 Å². The fourth-order valence-electron chi connectivity index (χ4n) is 2.68. The average Bonchev–Trinajstić information content (AvgIpc) is 2.65. The largest absolute Gasteiger partial charge is 0.416 e. The Balaban J connectivity index is 1.81. The first-order valence-electron chi connectivity index (χ1n) is 8.24. The highest BCUT2D eigenvalue weighted by molar-refractivity contribution is 9.10. The fourth-order valence-corrected chi connectivity index (χ4v) is 3.15. The first-order chi connectivity index (χ1) is 13.6. The number of aromatic nitrogens is 2. The maximum Gasteiger partial charge on any atom is 0.416 e. The molecule has 3 rings (SSSR count). The molecule has 0 amide bonds. The summed E-state index contributed by atoms with van der Waals surface area (Å²) in [6, 6.07) is 8.06. The minimum absolute atomic E-state index is 0.00655. The topological polar surface area (TPSA) is 46.9 Å². The lowest BCUT2D eigenvalue weighted by atomic mass is 10.1. The monoisotopic (exact) mass is 473 g/mol. The summed E-state index contributed by atoms with van der Waals surface area (Å²) in [5.41, 5.74) is -1.26. The molecule has 0 aliphatic rings. The molecule has 0 aliphatic heterocycles. The summed E-state index contributed by atoms with van der Waals surface area (Å²) in [7, 11) is 0. The zero-order valence-electron chi connectivity index (χ0n) is 14.6. The molecule has 0 bridgehead atoms. The van der Waals surface area contributed by atoms with Crippen LogP contribution in [0.25, 0.3) is 0 Å². The molecule has 29 heavy (non-hydrogen) atoms. The van der Waals surface area contributed by atoms with Gasteiger partial charge in [0.1, 0.15) is 28.3 Å². The number of alkyl halides is 3. The molecular weight excluding hydrogens is 461 g/mol. The van der Waals surface area contributed by atoms with Crippen LogP contribution in [0.3, 0.4) is 0 Å². The van der Waals surface area contributed by atoms with Crippen LogP contribution in [-0.4, -0.2) is 9.55 Å². The molecule has 0 aliphatic carbocycles. The van der Waals surface area contributed by atoms with Crippen LogP contribution in [-0.2, 0) is 19.3 Å². The lowest BCUT2D eigenvalue weighted by Crippen LogP contribution is -2.23. The molecular formula is C19H13BrF5N3O. The molecule has 0 saturated heterocycles. The van der Waals surface area contributed by atoms with Gasteiger partial charge in [0, 0.05) is 6.54 Å². The third kappa shape index (κ3) is 5.00. The van der Waals surface area contributed by atoms with Gasteiger partial charge in [-0.2, -0.15) is 13.2 Å². The van der Waals surface area contributed by atoms with E-state index in [1.54, 1.807) is 6.07 Å². The van der Waals surface area contributed by atoms with E-state index in [2.05, 4.69) is 26.2 Å². The Morgan fingerprint density at radius 2 is 1.79 bits per heavy atom. The van der Waals surface area contributed by atoms with E-state index in [1.165, 1.54) is 29.1 Å². The number of benzene rings is 2. The molecule has 4 nitrogen and oxygen atoms in total. The van der Waals surface area contributed by atoms with Crippen LogP contribution in [0.4, 0.5) is 27.8 Å². The van der Waals surface area contributed by atoms with Crippen molar-refractivity contribution in [3.8, 4) is 0 Å². The Labute approximate surface area is 170 Å². The van der Waals surface area contributed by atoms with Gasteiger partial charge in [0.05, 0.1) is 12.1 Å². The molecule has 3 aromatic rings. The van der Waals surface area contributed by atoms with Gasteiger partial charge in [0.2, 0.25) is 0 Å². The molecule has 0 spiro atoms. The van der Waals surface area contributed by atoms with E-state index >= 15 is 0 Å². The van der Waals surface area contributed by atoms with Gasteiger partial charge in [-0.15, -0.1) is 0 Å². The van der Waals surface area contributed by atoms with Gasteiger partial charge in [-0.3, -0.25) is 9.36 Å². The minimum Gasteiger partial charge on any atom is -0.365 e. The predicted octanol–water partition coefficient (Wildman–Crippen LogP) is 4.96. The standard InChI is InChI=1S/C19H13BrF5N3O/c20-16-17(26-8-12-4-5-14(22)7-15(12)19(23,24)25)27-10-28(18(16)29)9-11-2-1-3-13(21)6-11/h1-7,10,26H,8-9H2. The van der Waals surface area contributed by atoms with Crippen LogP contribution >= 0.6 is 15.9 Å². The van der Waals surface area contributed by atoms with E-state index in [0.717, 1.165) is 12.1 Å². The average molecular weight is 474 g/mol. The number of rotatable bonds is 5. The number of nitrogens with zero attached hydrogens (tertiary/aromatic N) is 2. The molecule has 1 N–H and O–H groups in total. The van der Waals surface area contributed by atoms with Crippen molar-refractivity contribution >= 4 is 21.7 Å². The van der Waals surface area contributed by atoms with Gasteiger partial charge in [-0.05, 0) is 51.3 Å². The smallest absolute Gasteiger partial charge is 0.365 e. The summed E-state index contributed by atoms with van der Waals surface area (Å²) in [5, 5.41) is 2.65. The molecule has 152 valence electrons. The maximum atomic E-state index is 13.3. The van der Waals surface area contributed by atoms with E-state index in [1.807, 2.05) is 0 Å². The number of halogens is 6. The summed E-state index contributed by atoms with van der Waals surface area (Å²) < 4.78 is 67.0. The Morgan fingerprint density at radius 3 is 2.48 bits per heavy atom. The highest BCUT2D eigenvalue weighted by Crippen LogP contribution is 2.33. The summed E-state index contributed by atoms with van der Waals surface area (Å²) in [6.45, 7) is -0.257. The Morgan fingerprint density at radius 1 is 1.07 bits per heavy atom. The zero-order valence-corrected chi connectivity index (χ0v) is 16.2. The van der Waals surface area contributed by atoms with E-state index in [9.17, 15) is 26.7 Å². The molecule has 2 aromatic carbocycles. The van der Waals surface area contributed by atoms with Crippen LogP contribution in [0.2, 0.25) is 0 Å². The molecule has 0 atom stereocenters. The minimum atomic E-state index is -4.72. The highest BCUT2D eigenvalue weighted by Gasteiger charge is 2.33. The van der Waals surface area contributed by atoms with Crippen molar-refractivity contribution < 1.29 is 22.0 Å². The third-order valence-electron chi connectivity index (χ3n) is 4.05. The number of anilines is 1. The first-order valence-corrected chi connectivity index (χ1v) is 9.03. The molecule has 0 radical (unpaired) electrons. The lowest BCUT2D eigenvalue weighted by Gasteiger charge is -2.15. The van der Waals surface area contributed by atoms with Crippen molar-refractivity contribution in [2.45, 2.75) is 19.3 Å². The van der Waals surface area contributed by atoms with Crippen molar-refractivity contribution in [3.63, 3.8) is 0 Å². The van der Waals surface area contributed by atoms with E-state index in [4.69, 9.17) is 0 Å². The van der Waals surface area contributed by atoms with E-state index in [-0.39, 0.29) is 28.9 Å². The normalized spacial score (nSPS) is 11.5. The second-order valence-electron chi connectivity index (χ2n) is 6.12. The molecule has 1 heterocycles. The Hall–Kier alpha value is -2.75. The van der Waals surface area contributed by atoms with Gasteiger partial charge in [-0.1, -0.05) is 18.2 Å². The van der Waals surface area contributed by atoms with Crippen molar-refractivity contribution in [2.75, 3.05) is 5.32 Å². The quantitative estimate of drug-likeness (QED) is 0.532. The maximum absolute atomic E-state index is 13.3. The van der Waals surface area contributed by atoms with Crippen molar-refractivity contribution in [3.05, 3.63) is 91.9 Å². The van der Waals surface area contributed by atoms with Crippen LogP contribution in [0, 0.1) is 11.6 Å². The summed E-state index contributed by atoms with van der Waals surface area (Å²) in [6.07, 6.45) is -3.52. The van der Waals surface area contributed by atoms with Crippen LogP contribution in [0.5, 0.6) is 0 Å². The number of nitrogens with one attached hydrogen (secondary N) is 1. The molecule has 0 unspecified atom stereocenters. The van der Waals surface area contributed by atoms with Crippen LogP contribution in [0.1, 0.15) is 16.7 Å². The van der Waals surface area contributed by atoms with Gasteiger partial charge in [0.15, 0.2) is 0 Å². The summed E-state index contributed by atoms with van der Waals surface area (Å²) in [5.74, 6) is -1.41. The molecule has 0 fully saturated rings. The van der Waals surface area contributed by atoms with Gasteiger partial charge in [0.25, 0.3) is 5.56 Å². The fraction of sp³-hybridized carbons (Fsp3) is 0.158. The number of hydrogen-bond donors (Lipinski definition) is 1. The number of hydrogen-bond acceptors (Lipinski definition) is 3. The van der Waals surface area contributed by atoms with Crippen LogP contribution < -0.4 is 10.9 Å². The van der Waals surface area contributed by atoms with Gasteiger partial charge >= 0.3 is 6.18 Å². The second-order valence-corrected chi connectivity index (χ2v) is 6.92. The molecule has 1 aromatic heterocycles.